The van der Waals surface area contributed by atoms with E-state index in [1.807, 2.05) is 0 Å². The summed E-state index contributed by atoms with van der Waals surface area (Å²) in [6.07, 6.45) is 0. The minimum Gasteiger partial charge on any atom is -0.0637 e. The highest BCUT2D eigenvalue weighted by molar-refractivity contribution is 9.52. The molecule has 0 nitrogen and oxygen atoms in total. The van der Waals surface area contributed by atoms with Gasteiger partial charge in [0, 0.05) is 0 Å². The third-order valence-electron chi connectivity index (χ3n) is 0. The Balaban J connectivity index is 0. The molecule has 58 valence electrons. The van der Waals surface area contributed by atoms with Gasteiger partial charge in [-0.05, 0) is 63.7 Å². The van der Waals surface area contributed by atoms with E-state index in [0.717, 1.165) is 0 Å². The molecule has 0 aliphatic carbocycles. The Bertz CT molecular complexity index is 43.7. The van der Waals surface area contributed by atoms with Crippen LogP contribution in [0.2, 0.25) is 0 Å². The Morgan fingerprint density at radius 3 is 0.778 bits per heavy atom. The van der Waals surface area contributed by atoms with Gasteiger partial charge in [-0.25, -0.2) is 0 Å². The molecule has 0 bridgehead atoms. The summed E-state index contributed by atoms with van der Waals surface area (Å²) in [6.45, 7) is 0. The summed E-state index contributed by atoms with van der Waals surface area (Å²) in [5, 5.41) is 0. The summed E-state index contributed by atoms with van der Waals surface area (Å²) in [7, 11) is 0. The molecule has 0 amide bonds. The molecule has 0 fully saturated rings. The zero-order valence-corrected chi connectivity index (χ0v) is 14.8. The topological polar surface area (TPSA) is 0 Å². The highest BCUT2D eigenvalue weighted by atomic mass is 80.0. The maximum atomic E-state index is 3.12. The van der Waals surface area contributed by atoms with E-state index in [-0.39, 0.29) is 3.70 Å². The maximum absolute atomic E-state index is 3.12. The first kappa shape index (κ1) is 14.9. The molecular weight excluding hydrogens is 583 g/mol. The molecule has 0 aliphatic rings. The van der Waals surface area contributed by atoms with E-state index in [2.05, 4.69) is 112 Å². The van der Waals surface area contributed by atoms with Gasteiger partial charge in [-0.15, -0.1) is 0 Å². The second kappa shape index (κ2) is 7.98. The third kappa shape index (κ3) is 88.2. The van der Waals surface area contributed by atoms with Crippen LogP contribution in [0, 0.1) is 0 Å². The molecule has 7 heteroatoms. The molecule has 0 saturated carbocycles. The smallest absolute Gasteiger partial charge is 0.0637 e. The summed E-state index contributed by atoms with van der Waals surface area (Å²) < 4.78 is 0.0208. The first-order chi connectivity index (χ1) is 3.73. The van der Waals surface area contributed by atoms with Crippen LogP contribution in [0.25, 0.3) is 0 Å². The van der Waals surface area contributed by atoms with Crippen molar-refractivity contribution in [3.05, 3.63) is 0 Å². The molecule has 0 spiro atoms. The normalized spacial score (nSPS) is 10.7. The van der Waals surface area contributed by atoms with Crippen molar-refractivity contribution in [2.75, 3.05) is 0 Å². The first-order valence-corrected chi connectivity index (χ1v) is 7.33. The molecule has 0 unspecified atom stereocenters. The fraction of sp³-hybridized carbons (Fsp3) is 1.00. The van der Waals surface area contributed by atoms with Gasteiger partial charge in [0.1, 0.15) is 2.65 Å². The largest absolute Gasteiger partial charge is 0.189 e. The van der Waals surface area contributed by atoms with Crippen LogP contribution in [0.4, 0.5) is 0 Å². The Labute approximate surface area is 113 Å². The van der Waals surface area contributed by atoms with E-state index in [1.54, 1.807) is 0 Å². The molecule has 0 rings (SSSR count). The summed E-state index contributed by atoms with van der Waals surface area (Å²) in [4.78, 5) is 0. The molecular formula is C2HBr7. The molecule has 0 radical (unpaired) electrons. The fourth-order valence-electron chi connectivity index (χ4n) is 0. The molecule has 0 aromatic carbocycles. The van der Waals surface area contributed by atoms with Gasteiger partial charge >= 0.3 is 0 Å². The molecule has 9 heavy (non-hydrogen) atoms. The number of hydrogen-bond donors (Lipinski definition) is 0. The van der Waals surface area contributed by atoms with Crippen LogP contribution in [0.15, 0.2) is 0 Å². The summed E-state index contributed by atoms with van der Waals surface area (Å²) >= 11 is 21.8. The van der Waals surface area contributed by atoms with Gasteiger partial charge in [-0.2, -0.15) is 0 Å². The minimum atomic E-state index is -0.250. The predicted octanol–water partition coefficient (Wildman–Crippen LogP) is 5.63. The molecule has 0 aromatic rings. The molecule has 0 N–H and O–H groups in total. The minimum absolute atomic E-state index is 0.250. The fourth-order valence-corrected chi connectivity index (χ4v) is 0. The van der Waals surface area contributed by atoms with E-state index in [1.165, 1.54) is 0 Å². The quantitative estimate of drug-likeness (QED) is 0.324. The van der Waals surface area contributed by atoms with Crippen LogP contribution >= 0.6 is 112 Å². The van der Waals surface area contributed by atoms with Gasteiger partial charge in [0.05, 0.1) is 0 Å². The predicted molar refractivity (Wildman–Crippen MR) is 69.0 cm³/mol. The van der Waals surface area contributed by atoms with E-state index in [4.69, 9.17) is 0 Å². The van der Waals surface area contributed by atoms with Crippen LogP contribution in [-0.4, -0.2) is 3.70 Å². The van der Waals surface area contributed by atoms with E-state index >= 15 is 0 Å². The molecule has 0 aliphatic heterocycles. The Morgan fingerprint density at radius 2 is 0.778 bits per heavy atom. The Hall–Kier alpha value is 3.36. The second-order valence-electron chi connectivity index (χ2n) is 0.676. The zero-order chi connectivity index (χ0) is 8.08. The van der Waals surface area contributed by atoms with Crippen LogP contribution in [0.1, 0.15) is 0 Å². The van der Waals surface area contributed by atoms with Gasteiger partial charge in [-0.1, -0.05) is 47.8 Å². The van der Waals surface area contributed by atoms with Crippen molar-refractivity contribution < 1.29 is 0 Å². The van der Waals surface area contributed by atoms with Gasteiger partial charge < -0.3 is 0 Å². The number of halogens is 7. The van der Waals surface area contributed by atoms with Crippen molar-refractivity contribution in [1.82, 2.24) is 0 Å². The number of alkyl halides is 7. The first-order valence-electron chi connectivity index (χ1n) is 1.41. The van der Waals surface area contributed by atoms with Crippen LogP contribution in [0.3, 0.4) is 0 Å². The van der Waals surface area contributed by atoms with Crippen molar-refractivity contribution in [1.29, 1.82) is 0 Å². The highest BCUT2D eigenvalue weighted by Crippen LogP contribution is 2.39. The van der Waals surface area contributed by atoms with Crippen molar-refractivity contribution in [2.24, 2.45) is 0 Å². The standard InChI is InChI=1S/CBr4.CHBr3/c2-1(3,4)5;2-1(3)4/h;1H. The average Bonchev–Trinajstić information content (AvgIpc) is 1.19. The van der Waals surface area contributed by atoms with Gasteiger partial charge in [0.2, 0.25) is 0 Å². The second-order valence-corrected chi connectivity index (χ2v) is 18.3. The number of hydrogen-bond acceptors (Lipinski definition) is 0. The summed E-state index contributed by atoms with van der Waals surface area (Å²) in [5.74, 6) is 0. The van der Waals surface area contributed by atoms with E-state index in [0.29, 0.717) is 0 Å². The lowest BCUT2D eigenvalue weighted by Crippen LogP contribution is -1.75. The van der Waals surface area contributed by atoms with Crippen LogP contribution in [-0.2, 0) is 0 Å². The van der Waals surface area contributed by atoms with Gasteiger partial charge in [-0.3, -0.25) is 0 Å². The molecule has 0 saturated heterocycles. The third-order valence-corrected chi connectivity index (χ3v) is 0. The summed E-state index contributed by atoms with van der Waals surface area (Å²) in [6, 6.07) is 0. The van der Waals surface area contributed by atoms with Gasteiger partial charge in [0.25, 0.3) is 0 Å². The molecule has 0 aromatic heterocycles. The maximum Gasteiger partial charge on any atom is 0.189 e. The lowest BCUT2D eigenvalue weighted by atomic mass is 12.0. The van der Waals surface area contributed by atoms with Crippen LogP contribution in [0.5, 0.6) is 0 Å². The summed E-state index contributed by atoms with van der Waals surface area (Å²) in [5.41, 5.74) is 0. The lowest BCUT2D eigenvalue weighted by Gasteiger charge is -1.93. The Kier molecular flexibility index (Phi) is 13.2. The molecule has 0 atom stereocenters. The lowest BCUT2D eigenvalue weighted by molar-refractivity contribution is 2.14. The SMILES string of the molecule is BrC(Br)(Br)Br.BrC(Br)Br. The van der Waals surface area contributed by atoms with Gasteiger partial charge in [0.15, 0.2) is 1.05 Å². The van der Waals surface area contributed by atoms with Crippen molar-refractivity contribution in [2.45, 2.75) is 3.70 Å². The average molecular weight is 584 g/mol. The van der Waals surface area contributed by atoms with E-state index in [9.17, 15) is 0 Å². The van der Waals surface area contributed by atoms with Crippen molar-refractivity contribution in [3.63, 3.8) is 0 Å². The van der Waals surface area contributed by atoms with Crippen molar-refractivity contribution in [3.8, 4) is 0 Å². The zero-order valence-electron chi connectivity index (χ0n) is 3.72. The van der Waals surface area contributed by atoms with Crippen LogP contribution < -0.4 is 0 Å². The van der Waals surface area contributed by atoms with E-state index < -0.39 is 0 Å². The van der Waals surface area contributed by atoms with Crippen molar-refractivity contribution >= 4 is 112 Å². The number of rotatable bonds is 0. The highest BCUT2D eigenvalue weighted by Gasteiger charge is 2.08. The molecule has 0 heterocycles. The Morgan fingerprint density at radius 1 is 0.778 bits per heavy atom. The monoisotopic (exact) mass is 577 g/mol.